The van der Waals surface area contributed by atoms with Crippen LogP contribution in [0.4, 0.5) is 5.82 Å². The van der Waals surface area contributed by atoms with Crippen LogP contribution in [0.3, 0.4) is 0 Å². The number of aliphatic hydroxyl groups is 1. The number of H-pyrrole nitrogens is 1. The molecule has 3 N–H and O–H groups in total. The molecular formula is C14H22N4O. The van der Waals surface area contributed by atoms with E-state index in [0.717, 1.165) is 35.4 Å². The molecule has 5 nitrogen and oxygen atoms in total. The second-order valence-electron chi connectivity index (χ2n) is 4.96. The van der Waals surface area contributed by atoms with E-state index in [0.29, 0.717) is 12.5 Å². The van der Waals surface area contributed by atoms with Crippen molar-refractivity contribution in [3.63, 3.8) is 0 Å². The van der Waals surface area contributed by atoms with Crippen LogP contribution in [0, 0.1) is 12.8 Å². The molecule has 2 aromatic rings. The van der Waals surface area contributed by atoms with E-state index in [4.69, 9.17) is 0 Å². The molecule has 2 heterocycles. The molecule has 0 aliphatic carbocycles. The van der Waals surface area contributed by atoms with E-state index in [1.165, 1.54) is 0 Å². The molecular weight excluding hydrogens is 240 g/mol. The van der Waals surface area contributed by atoms with Crippen molar-refractivity contribution in [3.05, 3.63) is 18.1 Å². The minimum absolute atomic E-state index is 0.329. The number of nitrogens with zero attached hydrogens (tertiary/aromatic N) is 2. The molecule has 19 heavy (non-hydrogen) atoms. The summed E-state index contributed by atoms with van der Waals surface area (Å²) in [5, 5.41) is 13.3. The van der Waals surface area contributed by atoms with Gasteiger partial charge in [-0.3, -0.25) is 0 Å². The molecule has 0 bridgehead atoms. The van der Waals surface area contributed by atoms with E-state index in [9.17, 15) is 5.11 Å². The summed E-state index contributed by atoms with van der Waals surface area (Å²) in [6.45, 7) is 6.71. The zero-order valence-electron chi connectivity index (χ0n) is 11.8. The van der Waals surface area contributed by atoms with Crippen molar-refractivity contribution in [2.45, 2.75) is 39.7 Å². The zero-order chi connectivity index (χ0) is 13.8. The van der Waals surface area contributed by atoms with Gasteiger partial charge in [0.1, 0.15) is 11.8 Å². The van der Waals surface area contributed by atoms with Crippen LogP contribution in [-0.4, -0.2) is 32.7 Å². The highest BCUT2D eigenvalue weighted by Gasteiger charge is 2.16. The largest absolute Gasteiger partial charge is 0.391 e. The van der Waals surface area contributed by atoms with Crippen molar-refractivity contribution in [1.82, 2.24) is 15.0 Å². The van der Waals surface area contributed by atoms with E-state index in [-0.39, 0.29) is 6.10 Å². The Morgan fingerprint density at radius 1 is 1.32 bits per heavy atom. The van der Waals surface area contributed by atoms with E-state index < -0.39 is 0 Å². The topological polar surface area (TPSA) is 73.8 Å². The molecule has 0 aliphatic heterocycles. The van der Waals surface area contributed by atoms with E-state index in [1.54, 1.807) is 6.33 Å². The van der Waals surface area contributed by atoms with Crippen LogP contribution in [-0.2, 0) is 0 Å². The summed E-state index contributed by atoms with van der Waals surface area (Å²) in [5.74, 6) is 1.08. The maximum atomic E-state index is 10.1. The average molecular weight is 262 g/mol. The number of aliphatic hydroxyl groups excluding tert-OH is 1. The Morgan fingerprint density at radius 2 is 2.05 bits per heavy atom. The van der Waals surface area contributed by atoms with Gasteiger partial charge in [-0.05, 0) is 18.9 Å². The molecule has 2 aromatic heterocycles. The number of aromatic amines is 1. The highest BCUT2D eigenvalue weighted by atomic mass is 16.3. The van der Waals surface area contributed by atoms with Crippen molar-refractivity contribution in [2.75, 3.05) is 11.9 Å². The summed E-state index contributed by atoms with van der Waals surface area (Å²) in [4.78, 5) is 11.7. The lowest BCUT2D eigenvalue weighted by Gasteiger charge is -2.20. The van der Waals surface area contributed by atoms with Crippen LogP contribution < -0.4 is 5.32 Å². The van der Waals surface area contributed by atoms with E-state index in [1.807, 2.05) is 13.0 Å². The third kappa shape index (κ3) is 3.04. The molecule has 2 rings (SSSR count). The van der Waals surface area contributed by atoms with Gasteiger partial charge in [0, 0.05) is 12.2 Å². The summed E-state index contributed by atoms with van der Waals surface area (Å²) in [6.07, 6.45) is 3.16. The summed E-state index contributed by atoms with van der Waals surface area (Å²) < 4.78 is 0. The number of anilines is 1. The fourth-order valence-corrected chi connectivity index (χ4v) is 2.40. The molecule has 1 atom stereocenters. The van der Waals surface area contributed by atoms with Gasteiger partial charge in [0.25, 0.3) is 0 Å². The normalized spacial score (nSPS) is 13.1. The number of hydrogen-bond acceptors (Lipinski definition) is 4. The molecule has 0 radical (unpaired) electrons. The lowest BCUT2D eigenvalue weighted by atomic mass is 9.96. The summed E-state index contributed by atoms with van der Waals surface area (Å²) in [5.41, 5.74) is 2.85. The van der Waals surface area contributed by atoms with Gasteiger partial charge in [-0.25, -0.2) is 9.97 Å². The monoisotopic (exact) mass is 262 g/mol. The van der Waals surface area contributed by atoms with Crippen molar-refractivity contribution in [1.29, 1.82) is 0 Å². The van der Waals surface area contributed by atoms with E-state index in [2.05, 4.69) is 34.1 Å². The van der Waals surface area contributed by atoms with Crippen LogP contribution in [0.15, 0.2) is 12.4 Å². The Balaban J connectivity index is 2.09. The maximum Gasteiger partial charge on any atom is 0.153 e. The van der Waals surface area contributed by atoms with Crippen LogP contribution in [0.5, 0.6) is 0 Å². The van der Waals surface area contributed by atoms with Crippen LogP contribution in [0.25, 0.3) is 11.0 Å². The SMILES string of the molecule is CCC(CC)C(O)CNc1ncnc2cc(C)[nH]c12. The fourth-order valence-electron chi connectivity index (χ4n) is 2.40. The van der Waals surface area contributed by atoms with E-state index >= 15 is 0 Å². The first-order chi connectivity index (χ1) is 9.15. The van der Waals surface area contributed by atoms with Gasteiger partial charge in [-0.15, -0.1) is 0 Å². The predicted molar refractivity (Wildman–Crippen MR) is 77.2 cm³/mol. The standard InChI is InChI=1S/C14H22N4O/c1-4-10(5-2)12(19)7-15-14-13-11(16-8-17-14)6-9(3)18-13/h6,8,10,12,18-19H,4-5,7H2,1-3H3,(H,15,16,17). The van der Waals surface area contributed by atoms with Crippen LogP contribution in [0.2, 0.25) is 0 Å². The molecule has 0 saturated carbocycles. The molecule has 5 heteroatoms. The number of fused-ring (bicyclic) bond motifs is 1. The lowest BCUT2D eigenvalue weighted by molar-refractivity contribution is 0.114. The lowest BCUT2D eigenvalue weighted by Crippen LogP contribution is -2.28. The Labute approximate surface area is 113 Å². The van der Waals surface area contributed by atoms with Gasteiger partial charge < -0.3 is 15.4 Å². The molecule has 0 aromatic carbocycles. The minimum Gasteiger partial charge on any atom is -0.391 e. The van der Waals surface area contributed by atoms with Gasteiger partial charge >= 0.3 is 0 Å². The number of rotatable bonds is 6. The number of aromatic nitrogens is 3. The second kappa shape index (κ2) is 6.02. The first-order valence-corrected chi connectivity index (χ1v) is 6.88. The van der Waals surface area contributed by atoms with Crippen molar-refractivity contribution < 1.29 is 5.11 Å². The zero-order valence-corrected chi connectivity index (χ0v) is 11.8. The Kier molecular flexibility index (Phi) is 4.37. The fraction of sp³-hybridized carbons (Fsp3) is 0.571. The summed E-state index contributed by atoms with van der Waals surface area (Å²) >= 11 is 0. The predicted octanol–water partition coefficient (Wildman–Crippen LogP) is 2.48. The molecule has 0 amide bonds. The molecule has 0 saturated heterocycles. The highest BCUT2D eigenvalue weighted by Crippen LogP contribution is 2.20. The molecule has 104 valence electrons. The Bertz CT molecular complexity index is 533. The number of hydrogen-bond donors (Lipinski definition) is 3. The number of aryl methyl sites for hydroxylation is 1. The van der Waals surface area contributed by atoms with Gasteiger partial charge in [-0.2, -0.15) is 0 Å². The van der Waals surface area contributed by atoms with Gasteiger partial charge in [0.2, 0.25) is 0 Å². The van der Waals surface area contributed by atoms with Crippen molar-refractivity contribution in [2.24, 2.45) is 5.92 Å². The Morgan fingerprint density at radius 3 is 2.74 bits per heavy atom. The molecule has 0 spiro atoms. The van der Waals surface area contributed by atoms with Crippen LogP contribution in [0.1, 0.15) is 32.4 Å². The highest BCUT2D eigenvalue weighted by molar-refractivity contribution is 5.86. The second-order valence-corrected chi connectivity index (χ2v) is 4.96. The van der Waals surface area contributed by atoms with Gasteiger partial charge in [-0.1, -0.05) is 26.7 Å². The smallest absolute Gasteiger partial charge is 0.153 e. The van der Waals surface area contributed by atoms with Gasteiger partial charge in [0.15, 0.2) is 5.82 Å². The average Bonchev–Trinajstić information content (AvgIpc) is 2.78. The maximum absolute atomic E-state index is 10.1. The number of nitrogens with one attached hydrogen (secondary N) is 2. The third-order valence-electron chi connectivity index (χ3n) is 3.62. The van der Waals surface area contributed by atoms with Crippen molar-refractivity contribution >= 4 is 16.9 Å². The first kappa shape index (κ1) is 13.8. The molecule has 0 fully saturated rings. The summed E-state index contributed by atoms with van der Waals surface area (Å²) in [7, 11) is 0. The third-order valence-corrected chi connectivity index (χ3v) is 3.62. The molecule has 0 aliphatic rings. The molecule has 1 unspecified atom stereocenters. The summed E-state index contributed by atoms with van der Waals surface area (Å²) in [6, 6.07) is 1.99. The Hall–Kier alpha value is -1.62. The minimum atomic E-state index is -0.351. The quantitative estimate of drug-likeness (QED) is 0.747. The van der Waals surface area contributed by atoms with Crippen molar-refractivity contribution in [3.8, 4) is 0 Å². The first-order valence-electron chi connectivity index (χ1n) is 6.88. The van der Waals surface area contributed by atoms with Crippen LogP contribution >= 0.6 is 0 Å². The van der Waals surface area contributed by atoms with Gasteiger partial charge in [0.05, 0.1) is 11.6 Å².